The minimum absolute atomic E-state index is 0.117. The van der Waals surface area contributed by atoms with Crippen LogP contribution >= 0.6 is 0 Å². The molecule has 7 heteroatoms. The Morgan fingerprint density at radius 3 is 2.41 bits per heavy atom. The van der Waals surface area contributed by atoms with Crippen molar-refractivity contribution in [1.29, 1.82) is 10.5 Å². The molecule has 144 valence electrons. The predicted molar refractivity (Wildman–Crippen MR) is 103 cm³/mol. The van der Waals surface area contributed by atoms with Gasteiger partial charge in [0.1, 0.15) is 6.10 Å². The molecule has 0 fully saturated rings. The van der Waals surface area contributed by atoms with Gasteiger partial charge in [0, 0.05) is 7.05 Å². The smallest absolute Gasteiger partial charge is 0.338 e. The fourth-order valence-electron chi connectivity index (χ4n) is 2.95. The molecule has 0 aliphatic heterocycles. The van der Waals surface area contributed by atoms with Crippen LogP contribution in [-0.4, -0.2) is 22.6 Å². The molecule has 3 rings (SSSR count). The Morgan fingerprint density at radius 1 is 1.14 bits per heavy atom. The van der Waals surface area contributed by atoms with Crippen molar-refractivity contribution in [2.75, 3.05) is 7.11 Å². The van der Waals surface area contributed by atoms with E-state index in [2.05, 4.69) is 11.1 Å². The number of hydrogen-bond acceptors (Lipinski definition) is 6. The molecule has 1 heterocycles. The standard InChI is InChI=1S/C22H18N4O3/c1-26-14-25-12-20(26)21(17-6-3-15(10-23)4-7-17)29-13-18-8-5-16(11-24)9-19(18)22(27)28-2/h3-9,12,14,21H,13H2,1-2H3. The number of aryl methyl sites for hydroxylation is 1. The van der Waals surface area contributed by atoms with Crippen LogP contribution in [0.3, 0.4) is 0 Å². The Labute approximate surface area is 168 Å². The third-order valence-corrected chi connectivity index (χ3v) is 4.51. The highest BCUT2D eigenvalue weighted by Gasteiger charge is 2.20. The molecule has 0 aliphatic rings. The van der Waals surface area contributed by atoms with Crippen molar-refractivity contribution in [3.05, 3.63) is 88.5 Å². The lowest BCUT2D eigenvalue weighted by molar-refractivity contribution is 0.0543. The topological polar surface area (TPSA) is 101 Å². The van der Waals surface area contributed by atoms with Crippen molar-refractivity contribution >= 4 is 5.97 Å². The fourth-order valence-corrected chi connectivity index (χ4v) is 2.95. The van der Waals surface area contributed by atoms with E-state index in [1.54, 1.807) is 36.8 Å². The van der Waals surface area contributed by atoms with E-state index in [1.165, 1.54) is 13.2 Å². The van der Waals surface area contributed by atoms with Crippen LogP contribution in [0.2, 0.25) is 0 Å². The lowest BCUT2D eigenvalue weighted by Gasteiger charge is -2.20. The summed E-state index contributed by atoms with van der Waals surface area (Å²) in [5, 5.41) is 18.1. The number of nitriles is 2. The molecular weight excluding hydrogens is 368 g/mol. The third-order valence-electron chi connectivity index (χ3n) is 4.51. The molecule has 0 amide bonds. The number of imidazole rings is 1. The van der Waals surface area contributed by atoms with Gasteiger partial charge < -0.3 is 14.0 Å². The minimum atomic E-state index is -0.531. The second-order valence-corrected chi connectivity index (χ2v) is 6.33. The highest BCUT2D eigenvalue weighted by atomic mass is 16.5. The van der Waals surface area contributed by atoms with Gasteiger partial charge in [0.15, 0.2) is 0 Å². The van der Waals surface area contributed by atoms with E-state index in [0.29, 0.717) is 16.7 Å². The maximum atomic E-state index is 12.1. The van der Waals surface area contributed by atoms with Gasteiger partial charge in [-0.15, -0.1) is 0 Å². The molecule has 1 aromatic heterocycles. The molecule has 0 saturated heterocycles. The summed E-state index contributed by atoms with van der Waals surface area (Å²) in [7, 11) is 3.16. The van der Waals surface area contributed by atoms with Crippen molar-refractivity contribution in [1.82, 2.24) is 9.55 Å². The van der Waals surface area contributed by atoms with Gasteiger partial charge in [-0.2, -0.15) is 10.5 Å². The van der Waals surface area contributed by atoms with E-state index in [0.717, 1.165) is 11.3 Å². The summed E-state index contributed by atoms with van der Waals surface area (Å²) in [6, 6.07) is 16.0. The van der Waals surface area contributed by atoms with Crippen LogP contribution in [0.15, 0.2) is 55.0 Å². The normalized spacial score (nSPS) is 11.3. The monoisotopic (exact) mass is 386 g/mol. The lowest BCUT2D eigenvalue weighted by Crippen LogP contribution is -2.13. The summed E-state index contributed by atoms with van der Waals surface area (Å²) in [5.74, 6) is -0.531. The summed E-state index contributed by atoms with van der Waals surface area (Å²) in [5.41, 5.74) is 3.48. The predicted octanol–water partition coefficient (Wildman–Crippen LogP) is 3.26. The number of benzene rings is 2. The summed E-state index contributed by atoms with van der Waals surface area (Å²) in [6.07, 6.45) is 2.93. The highest BCUT2D eigenvalue weighted by molar-refractivity contribution is 5.91. The zero-order valence-electron chi connectivity index (χ0n) is 16.0. The Morgan fingerprint density at radius 2 is 1.83 bits per heavy atom. The van der Waals surface area contributed by atoms with Gasteiger partial charge in [-0.3, -0.25) is 0 Å². The number of carbonyl (C=O) groups is 1. The molecular formula is C22H18N4O3. The van der Waals surface area contributed by atoms with Gasteiger partial charge >= 0.3 is 5.97 Å². The average Bonchev–Trinajstić information content (AvgIpc) is 3.19. The minimum Gasteiger partial charge on any atom is -0.465 e. The first kappa shape index (κ1) is 19.8. The first-order chi connectivity index (χ1) is 14.1. The lowest BCUT2D eigenvalue weighted by atomic mass is 10.0. The van der Waals surface area contributed by atoms with Crippen LogP contribution in [-0.2, 0) is 23.1 Å². The number of nitrogens with zero attached hydrogens (tertiary/aromatic N) is 4. The number of carbonyl (C=O) groups excluding carboxylic acids is 1. The molecule has 0 N–H and O–H groups in total. The number of ether oxygens (including phenoxy) is 2. The molecule has 29 heavy (non-hydrogen) atoms. The maximum Gasteiger partial charge on any atom is 0.338 e. The van der Waals surface area contributed by atoms with E-state index < -0.39 is 12.1 Å². The van der Waals surface area contributed by atoms with E-state index >= 15 is 0 Å². The number of esters is 1. The van der Waals surface area contributed by atoms with Crippen LogP contribution in [0.1, 0.15) is 44.4 Å². The molecule has 2 aromatic carbocycles. The zero-order chi connectivity index (χ0) is 20.8. The van der Waals surface area contributed by atoms with E-state index in [1.807, 2.05) is 29.8 Å². The van der Waals surface area contributed by atoms with Crippen molar-refractivity contribution < 1.29 is 14.3 Å². The van der Waals surface area contributed by atoms with Gasteiger partial charge in [-0.25, -0.2) is 9.78 Å². The molecule has 7 nitrogen and oxygen atoms in total. The molecule has 0 bridgehead atoms. The molecule has 1 atom stereocenters. The zero-order valence-corrected chi connectivity index (χ0v) is 16.0. The second kappa shape index (κ2) is 8.83. The van der Waals surface area contributed by atoms with Crippen LogP contribution in [0.5, 0.6) is 0 Å². The van der Waals surface area contributed by atoms with Gasteiger partial charge in [0.05, 0.1) is 60.8 Å². The maximum absolute atomic E-state index is 12.1. The van der Waals surface area contributed by atoms with Crippen LogP contribution < -0.4 is 0 Å². The average molecular weight is 386 g/mol. The Balaban J connectivity index is 1.94. The first-order valence-corrected chi connectivity index (χ1v) is 8.76. The highest BCUT2D eigenvalue weighted by Crippen LogP contribution is 2.28. The number of aromatic nitrogens is 2. The van der Waals surface area contributed by atoms with Crippen LogP contribution in [0.25, 0.3) is 0 Å². The summed E-state index contributed by atoms with van der Waals surface area (Å²) >= 11 is 0. The first-order valence-electron chi connectivity index (χ1n) is 8.76. The molecule has 1 unspecified atom stereocenters. The van der Waals surface area contributed by atoms with E-state index in [-0.39, 0.29) is 12.2 Å². The molecule has 0 aliphatic carbocycles. The molecule has 0 saturated carbocycles. The van der Waals surface area contributed by atoms with Crippen LogP contribution in [0.4, 0.5) is 0 Å². The second-order valence-electron chi connectivity index (χ2n) is 6.33. The molecule has 0 spiro atoms. The Hall–Kier alpha value is -3.94. The summed E-state index contributed by atoms with van der Waals surface area (Å²) in [4.78, 5) is 16.3. The number of rotatable bonds is 6. The summed E-state index contributed by atoms with van der Waals surface area (Å²) < 4.78 is 12.9. The van der Waals surface area contributed by atoms with E-state index in [4.69, 9.17) is 20.0 Å². The quantitative estimate of drug-likeness (QED) is 0.603. The number of hydrogen-bond donors (Lipinski definition) is 0. The van der Waals surface area contributed by atoms with Gasteiger partial charge in [-0.1, -0.05) is 18.2 Å². The van der Waals surface area contributed by atoms with E-state index in [9.17, 15) is 4.79 Å². The molecule has 0 radical (unpaired) electrons. The van der Waals surface area contributed by atoms with Crippen molar-refractivity contribution in [3.63, 3.8) is 0 Å². The molecule has 3 aromatic rings. The fraction of sp³-hybridized carbons (Fsp3) is 0.182. The van der Waals surface area contributed by atoms with Crippen molar-refractivity contribution in [2.45, 2.75) is 12.7 Å². The SMILES string of the molecule is COC(=O)c1cc(C#N)ccc1COC(c1ccc(C#N)cc1)c1cncn1C. The summed E-state index contributed by atoms with van der Waals surface area (Å²) in [6.45, 7) is 0.117. The largest absolute Gasteiger partial charge is 0.465 e. The third kappa shape index (κ3) is 4.32. The van der Waals surface area contributed by atoms with Crippen molar-refractivity contribution in [2.24, 2.45) is 7.05 Å². The van der Waals surface area contributed by atoms with Gasteiger partial charge in [-0.05, 0) is 35.4 Å². The Kier molecular flexibility index (Phi) is 6.03. The Bertz CT molecular complexity index is 1100. The number of methoxy groups -OCH3 is 1. The van der Waals surface area contributed by atoms with Gasteiger partial charge in [0.25, 0.3) is 0 Å². The van der Waals surface area contributed by atoms with Crippen molar-refractivity contribution in [3.8, 4) is 12.1 Å². The van der Waals surface area contributed by atoms with Crippen LogP contribution in [0, 0.1) is 22.7 Å². The van der Waals surface area contributed by atoms with Gasteiger partial charge in [0.2, 0.25) is 0 Å².